The monoisotopic (exact) mass is 747 g/mol. The summed E-state index contributed by atoms with van der Waals surface area (Å²) in [6.07, 6.45) is 0. The Labute approximate surface area is 267 Å². The van der Waals surface area contributed by atoms with Gasteiger partial charge in [-0.1, -0.05) is 84.9 Å². The van der Waals surface area contributed by atoms with E-state index in [2.05, 4.69) is 44.7 Å². The number of fused-ring (bicyclic) bond motifs is 20. The molecule has 0 fully saturated rings. The summed E-state index contributed by atoms with van der Waals surface area (Å²) in [5.41, 5.74) is 6.46. The predicted molar refractivity (Wildman–Crippen MR) is 169 cm³/mol. The molecule has 7 aromatic rings. The summed E-state index contributed by atoms with van der Waals surface area (Å²) in [5, 5.41) is 3.86. The second-order valence-electron chi connectivity index (χ2n) is 9.91. The first-order chi connectivity index (χ1) is 20.2. The molecule has 0 atom stereocenters. The van der Waals surface area contributed by atoms with Crippen LogP contribution in [0, 0.1) is 3.57 Å². The summed E-state index contributed by atoms with van der Waals surface area (Å²) < 4.78 is 1.07. The van der Waals surface area contributed by atoms with Gasteiger partial charge in [0.05, 0.1) is 0 Å². The molecule has 2 N–H and O–H groups in total. The van der Waals surface area contributed by atoms with Crippen molar-refractivity contribution in [1.82, 2.24) is 39.9 Å². The van der Waals surface area contributed by atoms with Crippen LogP contribution in [-0.2, 0) is 22.4 Å². The number of benzene rings is 4. The van der Waals surface area contributed by atoms with Gasteiger partial charge in [0.25, 0.3) is 0 Å². The molecule has 5 heterocycles. The standard InChI is InChI=1S/C32H17IN8.Ag/c33-23-15-7-14-22-24(23)32-40-30-21-13-6-5-12-20(21)28(38-30)36-26-17-9-2-1-8-16(17)25(34-26)35-27-18-10-3-4-11-19(18)29(37-27)39-31(22)41-32;/h1-15H,(H2,34,35,36,37,38,39,40,41);. The van der Waals surface area contributed by atoms with E-state index in [0.29, 0.717) is 45.9 Å². The molecule has 10 heteroatoms. The number of aromatic nitrogens is 8. The Morgan fingerprint density at radius 2 is 0.786 bits per heavy atom. The van der Waals surface area contributed by atoms with Crippen molar-refractivity contribution in [3.05, 3.63) is 94.6 Å². The van der Waals surface area contributed by atoms with Gasteiger partial charge in [0.1, 0.15) is 22.6 Å². The third kappa shape index (κ3) is 3.78. The first-order valence-electron chi connectivity index (χ1n) is 13.1. The van der Waals surface area contributed by atoms with Crippen molar-refractivity contribution in [1.29, 1.82) is 0 Å². The normalized spacial score (nSPS) is 11.7. The van der Waals surface area contributed by atoms with Gasteiger partial charge in [0.15, 0.2) is 23.3 Å². The van der Waals surface area contributed by atoms with Crippen LogP contribution in [0.5, 0.6) is 0 Å². The summed E-state index contributed by atoms with van der Waals surface area (Å²) >= 11 is 2.35. The van der Waals surface area contributed by atoms with Crippen LogP contribution in [0.3, 0.4) is 0 Å². The Morgan fingerprint density at radius 3 is 1.29 bits per heavy atom. The van der Waals surface area contributed by atoms with Gasteiger partial charge in [-0.15, -0.1) is 0 Å². The molecule has 0 aliphatic carbocycles. The third-order valence-corrected chi connectivity index (χ3v) is 8.43. The Balaban J connectivity index is 0.00000267. The molecular formula is C32H17AgIN8. The van der Waals surface area contributed by atoms with E-state index < -0.39 is 0 Å². The molecule has 4 aromatic carbocycles. The second kappa shape index (κ2) is 9.63. The molecule has 0 saturated heterocycles. The first kappa shape index (κ1) is 25.4. The number of nitrogens with one attached hydrogen (secondary N) is 2. The van der Waals surface area contributed by atoms with Crippen molar-refractivity contribution < 1.29 is 22.4 Å². The molecule has 0 spiro atoms. The third-order valence-electron chi connectivity index (χ3n) is 7.53. The Hall–Kier alpha value is -4.29. The van der Waals surface area contributed by atoms with Crippen molar-refractivity contribution in [2.75, 3.05) is 0 Å². The van der Waals surface area contributed by atoms with Gasteiger partial charge in [-0.2, -0.15) is 0 Å². The van der Waals surface area contributed by atoms with E-state index in [0.717, 1.165) is 47.4 Å². The quantitative estimate of drug-likeness (QED) is 0.123. The van der Waals surface area contributed by atoms with Gasteiger partial charge in [0, 0.05) is 69.7 Å². The molecule has 1 radical (unpaired) electrons. The number of hydrogen-bond acceptors (Lipinski definition) is 6. The SMILES string of the molecule is Ic1cccc2c3nc4nc(nc5[nH]c(nc6nc(nc([nH]3)c12)-c1ccccc1-6)c1ccccc51)-c1ccccc1-4.[Ag]. The van der Waals surface area contributed by atoms with Crippen molar-refractivity contribution in [3.8, 4) is 45.6 Å². The number of nitrogens with zero attached hydrogens (tertiary/aromatic N) is 6. The Kier molecular flexibility index (Phi) is 5.83. The molecule has 8 bridgehead atoms. The average molecular weight is 748 g/mol. The van der Waals surface area contributed by atoms with Crippen molar-refractivity contribution >= 4 is 66.7 Å². The maximum absolute atomic E-state index is 5.07. The minimum Gasteiger partial charge on any atom is -0.324 e. The van der Waals surface area contributed by atoms with Gasteiger partial charge in [0.2, 0.25) is 0 Å². The summed E-state index contributed by atoms with van der Waals surface area (Å²) in [7, 11) is 0. The topological polar surface area (TPSA) is 109 Å². The molecule has 0 saturated carbocycles. The van der Waals surface area contributed by atoms with Crippen molar-refractivity contribution in [2.24, 2.45) is 0 Å². The number of halogens is 1. The van der Waals surface area contributed by atoms with Crippen LogP contribution in [0.1, 0.15) is 0 Å². The fourth-order valence-electron chi connectivity index (χ4n) is 5.65. The van der Waals surface area contributed by atoms with E-state index >= 15 is 0 Å². The van der Waals surface area contributed by atoms with E-state index in [1.807, 2.05) is 78.9 Å². The van der Waals surface area contributed by atoms with Crippen LogP contribution >= 0.6 is 22.6 Å². The van der Waals surface area contributed by atoms with Crippen LogP contribution in [-0.4, -0.2) is 39.9 Å². The van der Waals surface area contributed by atoms with Crippen LogP contribution in [0.2, 0.25) is 0 Å². The smallest absolute Gasteiger partial charge is 0.164 e. The molecule has 9 rings (SSSR count). The molecular weight excluding hydrogens is 731 g/mol. The molecule has 3 aromatic heterocycles. The Bertz CT molecular complexity index is 2410. The van der Waals surface area contributed by atoms with Crippen molar-refractivity contribution in [3.63, 3.8) is 0 Å². The van der Waals surface area contributed by atoms with Gasteiger partial charge in [-0.25, -0.2) is 29.9 Å². The van der Waals surface area contributed by atoms with Crippen LogP contribution in [0.25, 0.3) is 89.7 Å². The zero-order chi connectivity index (χ0) is 27.1. The van der Waals surface area contributed by atoms with Crippen LogP contribution in [0.15, 0.2) is 91.0 Å². The first-order valence-corrected chi connectivity index (χ1v) is 14.2. The number of hydrogen-bond donors (Lipinski definition) is 2. The summed E-state index contributed by atoms with van der Waals surface area (Å²) in [6.45, 7) is 0. The second-order valence-corrected chi connectivity index (χ2v) is 11.1. The molecule has 2 aliphatic rings. The molecule has 8 nitrogen and oxygen atoms in total. The Morgan fingerprint density at radius 1 is 0.405 bits per heavy atom. The summed E-state index contributed by atoms with van der Waals surface area (Å²) in [6, 6.07) is 30.4. The molecule has 0 amide bonds. The van der Waals surface area contributed by atoms with E-state index in [1.165, 1.54) is 0 Å². The maximum Gasteiger partial charge on any atom is 0.164 e. The number of rotatable bonds is 0. The maximum atomic E-state index is 5.07. The zero-order valence-electron chi connectivity index (χ0n) is 21.5. The van der Waals surface area contributed by atoms with Gasteiger partial charge in [-0.05, 0) is 28.7 Å². The molecule has 2 aliphatic heterocycles. The molecule has 42 heavy (non-hydrogen) atoms. The van der Waals surface area contributed by atoms with Gasteiger partial charge >= 0.3 is 0 Å². The fraction of sp³-hybridized carbons (Fsp3) is 0. The molecule has 203 valence electrons. The minimum atomic E-state index is 0. The summed E-state index contributed by atoms with van der Waals surface area (Å²) in [4.78, 5) is 37.0. The van der Waals surface area contributed by atoms with Crippen molar-refractivity contribution in [2.45, 2.75) is 0 Å². The van der Waals surface area contributed by atoms with E-state index in [-0.39, 0.29) is 22.4 Å². The van der Waals surface area contributed by atoms with Gasteiger partial charge in [-0.3, -0.25) is 0 Å². The fourth-order valence-corrected chi connectivity index (χ4v) is 6.40. The van der Waals surface area contributed by atoms with Gasteiger partial charge < -0.3 is 9.97 Å². The number of H-pyrrole nitrogens is 2. The zero-order valence-corrected chi connectivity index (χ0v) is 25.2. The number of aromatic amines is 2. The van der Waals surface area contributed by atoms with Crippen LogP contribution < -0.4 is 0 Å². The summed E-state index contributed by atoms with van der Waals surface area (Å²) in [5.74, 6) is 2.39. The molecule has 0 unspecified atom stereocenters. The van der Waals surface area contributed by atoms with Crippen LogP contribution in [0.4, 0.5) is 0 Å². The average Bonchev–Trinajstić information content (AvgIpc) is 3.73. The largest absolute Gasteiger partial charge is 0.324 e. The van der Waals surface area contributed by atoms with E-state index in [4.69, 9.17) is 29.9 Å². The minimum absolute atomic E-state index is 0. The predicted octanol–water partition coefficient (Wildman–Crippen LogP) is 7.47. The van der Waals surface area contributed by atoms with E-state index in [1.54, 1.807) is 0 Å². The van der Waals surface area contributed by atoms with E-state index in [9.17, 15) is 0 Å².